The molecular weight excluding hydrogens is 494 g/mol. The van der Waals surface area contributed by atoms with Gasteiger partial charge in [-0.05, 0) is 42.7 Å². The third-order valence-corrected chi connectivity index (χ3v) is 5.95. The molecule has 4 atom stereocenters. The molecule has 12 nitrogen and oxygen atoms in total. The van der Waals surface area contributed by atoms with E-state index in [1.165, 1.54) is 19.1 Å². The Morgan fingerprint density at radius 1 is 0.974 bits per heavy atom. The molecule has 0 fully saturated rings. The van der Waals surface area contributed by atoms with Crippen molar-refractivity contribution in [1.29, 1.82) is 0 Å². The van der Waals surface area contributed by atoms with Crippen LogP contribution in [0, 0.1) is 0 Å². The lowest BCUT2D eigenvalue weighted by molar-refractivity contribution is -0.145. The molecular formula is C26H31N5O7. The van der Waals surface area contributed by atoms with Crippen LogP contribution in [0.5, 0.6) is 5.75 Å². The molecule has 0 aliphatic carbocycles. The summed E-state index contributed by atoms with van der Waals surface area (Å²) >= 11 is 0. The summed E-state index contributed by atoms with van der Waals surface area (Å²) in [6.07, 6.45) is 0.497. The van der Waals surface area contributed by atoms with E-state index < -0.39 is 54.5 Å². The van der Waals surface area contributed by atoms with Gasteiger partial charge in [-0.15, -0.1) is 0 Å². The van der Waals surface area contributed by atoms with E-state index in [2.05, 4.69) is 20.9 Å². The van der Waals surface area contributed by atoms with E-state index in [4.69, 9.17) is 5.73 Å². The van der Waals surface area contributed by atoms with Gasteiger partial charge in [0.1, 0.15) is 11.8 Å². The van der Waals surface area contributed by atoms with E-state index in [1.54, 1.807) is 18.3 Å². The van der Waals surface area contributed by atoms with Gasteiger partial charge in [-0.25, -0.2) is 4.79 Å². The van der Waals surface area contributed by atoms with Crippen molar-refractivity contribution in [3.63, 3.8) is 0 Å². The number of rotatable bonds is 12. The molecule has 2 aromatic carbocycles. The molecule has 1 heterocycles. The number of nitrogens with two attached hydrogens (primary N) is 1. The van der Waals surface area contributed by atoms with E-state index in [0.29, 0.717) is 5.56 Å². The summed E-state index contributed by atoms with van der Waals surface area (Å²) < 4.78 is 0. The van der Waals surface area contributed by atoms with Crippen LogP contribution in [0.1, 0.15) is 18.1 Å². The Morgan fingerprint density at radius 3 is 2.32 bits per heavy atom. The Balaban J connectivity index is 1.66. The van der Waals surface area contributed by atoms with Crippen LogP contribution in [0.3, 0.4) is 0 Å². The molecule has 0 saturated heterocycles. The number of aromatic nitrogens is 1. The minimum absolute atomic E-state index is 0.0159. The number of aromatic hydroxyl groups is 1. The predicted molar refractivity (Wildman–Crippen MR) is 138 cm³/mol. The molecule has 12 heteroatoms. The van der Waals surface area contributed by atoms with E-state index in [1.807, 2.05) is 24.3 Å². The Bertz CT molecular complexity index is 1290. The van der Waals surface area contributed by atoms with Gasteiger partial charge in [0.25, 0.3) is 0 Å². The summed E-state index contributed by atoms with van der Waals surface area (Å²) in [7, 11) is 0. The topological polar surface area (TPSA) is 207 Å². The molecule has 4 unspecified atom stereocenters. The second-order valence-corrected chi connectivity index (χ2v) is 8.94. The summed E-state index contributed by atoms with van der Waals surface area (Å²) in [5.74, 6) is -3.45. The van der Waals surface area contributed by atoms with Gasteiger partial charge < -0.3 is 42.0 Å². The number of aromatic amines is 1. The van der Waals surface area contributed by atoms with Crippen LogP contribution in [-0.2, 0) is 32.0 Å². The maximum absolute atomic E-state index is 13.0. The lowest BCUT2D eigenvalue weighted by Gasteiger charge is -2.23. The molecule has 0 bridgehead atoms. The van der Waals surface area contributed by atoms with Crippen molar-refractivity contribution in [3.8, 4) is 5.75 Å². The standard InChI is InChI=1S/C26H31N5O7/c1-14(32)23(26(37)38)31-25(36)21(11-16-12-28-20-5-3-2-4-18(16)20)30-22(34)13-29-24(35)19(27)10-15-6-8-17(33)9-7-15/h2-9,12,14,19,21,23,28,32-33H,10-11,13,27H2,1H3,(H,29,35)(H,30,34)(H,31,36)(H,37,38). The zero-order valence-corrected chi connectivity index (χ0v) is 20.7. The number of carboxylic acid groups (broad SMARTS) is 1. The van der Waals surface area contributed by atoms with Crippen molar-refractivity contribution >= 4 is 34.6 Å². The number of para-hydroxylation sites is 1. The maximum Gasteiger partial charge on any atom is 0.328 e. The number of H-pyrrole nitrogens is 1. The molecule has 38 heavy (non-hydrogen) atoms. The molecule has 202 valence electrons. The van der Waals surface area contributed by atoms with Crippen molar-refractivity contribution in [2.45, 2.75) is 44.0 Å². The van der Waals surface area contributed by atoms with Gasteiger partial charge in [0.15, 0.2) is 6.04 Å². The SMILES string of the molecule is CC(O)C(NC(=O)C(Cc1c[nH]c2ccccc12)NC(=O)CNC(=O)C(N)Cc1ccc(O)cc1)C(=O)O. The van der Waals surface area contributed by atoms with Gasteiger partial charge in [0.2, 0.25) is 17.7 Å². The summed E-state index contributed by atoms with van der Waals surface area (Å²) in [6, 6.07) is 9.79. The van der Waals surface area contributed by atoms with Crippen LogP contribution in [-0.4, -0.2) is 74.8 Å². The second-order valence-electron chi connectivity index (χ2n) is 8.94. The number of fused-ring (bicyclic) bond motifs is 1. The number of carbonyl (C=O) groups excluding carboxylic acids is 3. The van der Waals surface area contributed by atoms with Crippen molar-refractivity contribution in [1.82, 2.24) is 20.9 Å². The van der Waals surface area contributed by atoms with Gasteiger partial charge in [-0.1, -0.05) is 30.3 Å². The van der Waals surface area contributed by atoms with Gasteiger partial charge in [-0.3, -0.25) is 14.4 Å². The highest BCUT2D eigenvalue weighted by Gasteiger charge is 2.30. The van der Waals surface area contributed by atoms with Crippen LogP contribution >= 0.6 is 0 Å². The zero-order chi connectivity index (χ0) is 27.8. The monoisotopic (exact) mass is 525 g/mol. The van der Waals surface area contributed by atoms with E-state index in [9.17, 15) is 34.5 Å². The molecule has 1 aromatic heterocycles. The predicted octanol–water partition coefficient (Wildman–Crippen LogP) is -0.463. The number of phenolic OH excluding ortho intramolecular Hbond substituents is 1. The van der Waals surface area contributed by atoms with Gasteiger partial charge in [0, 0.05) is 23.5 Å². The van der Waals surface area contributed by atoms with Gasteiger partial charge >= 0.3 is 5.97 Å². The third kappa shape index (κ3) is 7.54. The summed E-state index contributed by atoms with van der Waals surface area (Å²) in [4.78, 5) is 52.6. The highest BCUT2D eigenvalue weighted by atomic mass is 16.4. The molecule has 0 aliphatic heterocycles. The molecule has 0 radical (unpaired) electrons. The Hall–Kier alpha value is -4.42. The fourth-order valence-corrected chi connectivity index (χ4v) is 3.89. The number of aliphatic carboxylic acids is 1. The van der Waals surface area contributed by atoms with Crippen LogP contribution in [0.4, 0.5) is 0 Å². The molecule has 0 aliphatic rings. The second kappa shape index (κ2) is 12.7. The number of amides is 3. The number of phenols is 1. The van der Waals surface area contributed by atoms with Gasteiger partial charge in [-0.2, -0.15) is 0 Å². The Morgan fingerprint density at radius 2 is 1.66 bits per heavy atom. The van der Waals surface area contributed by atoms with Crippen LogP contribution in [0.15, 0.2) is 54.7 Å². The maximum atomic E-state index is 13.0. The normalized spacial score (nSPS) is 14.2. The number of aliphatic hydroxyl groups excluding tert-OH is 1. The number of carboxylic acids is 1. The smallest absolute Gasteiger partial charge is 0.328 e. The highest BCUT2D eigenvalue weighted by molar-refractivity contribution is 5.93. The van der Waals surface area contributed by atoms with Crippen molar-refractivity contribution in [2.24, 2.45) is 5.73 Å². The molecule has 9 N–H and O–H groups in total. The minimum atomic E-state index is -1.58. The van der Waals surface area contributed by atoms with E-state index in [-0.39, 0.29) is 18.6 Å². The first-order chi connectivity index (χ1) is 18.0. The summed E-state index contributed by atoms with van der Waals surface area (Å²) in [5, 5.41) is 36.5. The molecule has 0 saturated carbocycles. The quantitative estimate of drug-likeness (QED) is 0.155. The van der Waals surface area contributed by atoms with E-state index in [0.717, 1.165) is 16.5 Å². The number of nitrogens with one attached hydrogen (secondary N) is 4. The summed E-state index contributed by atoms with van der Waals surface area (Å²) in [5.41, 5.74) is 8.16. The first-order valence-electron chi connectivity index (χ1n) is 11.9. The molecule has 3 amide bonds. The molecule has 3 aromatic rings. The lowest BCUT2D eigenvalue weighted by Crippen LogP contribution is -2.56. The number of hydrogen-bond donors (Lipinski definition) is 8. The van der Waals surface area contributed by atoms with E-state index >= 15 is 0 Å². The number of carbonyl (C=O) groups is 4. The van der Waals surface area contributed by atoms with Crippen molar-refractivity contribution < 1.29 is 34.5 Å². The average molecular weight is 526 g/mol. The lowest BCUT2D eigenvalue weighted by atomic mass is 10.0. The van der Waals surface area contributed by atoms with Crippen LogP contribution < -0.4 is 21.7 Å². The average Bonchev–Trinajstić information content (AvgIpc) is 3.29. The Kier molecular flexibility index (Phi) is 9.41. The number of aliphatic hydroxyl groups is 1. The van der Waals surface area contributed by atoms with Gasteiger partial charge in [0.05, 0.1) is 18.7 Å². The molecule has 3 rings (SSSR count). The van der Waals surface area contributed by atoms with Crippen molar-refractivity contribution in [3.05, 3.63) is 65.9 Å². The first-order valence-corrected chi connectivity index (χ1v) is 11.9. The largest absolute Gasteiger partial charge is 0.508 e. The van der Waals surface area contributed by atoms with Crippen molar-refractivity contribution in [2.75, 3.05) is 6.54 Å². The fourth-order valence-electron chi connectivity index (χ4n) is 3.89. The Labute approximate surface area is 218 Å². The number of hydrogen-bond acceptors (Lipinski definition) is 7. The first kappa shape index (κ1) is 28.2. The zero-order valence-electron chi connectivity index (χ0n) is 20.7. The van der Waals surface area contributed by atoms with Crippen LogP contribution in [0.2, 0.25) is 0 Å². The third-order valence-electron chi connectivity index (χ3n) is 5.95. The fraction of sp³-hybridized carbons (Fsp3) is 0.308. The number of benzene rings is 2. The minimum Gasteiger partial charge on any atom is -0.508 e. The summed E-state index contributed by atoms with van der Waals surface area (Å²) in [6.45, 7) is 0.752. The molecule has 0 spiro atoms. The van der Waals surface area contributed by atoms with Crippen LogP contribution in [0.25, 0.3) is 10.9 Å². The highest BCUT2D eigenvalue weighted by Crippen LogP contribution is 2.19.